The average Bonchev–Trinajstić information content (AvgIpc) is 2.06. The molecule has 0 saturated carbocycles. The zero-order valence-electron chi connectivity index (χ0n) is 9.66. The van der Waals surface area contributed by atoms with E-state index < -0.39 is 0 Å². The van der Waals surface area contributed by atoms with Crippen LogP contribution in [0.1, 0.15) is 79.1 Å². The number of hydrogen-bond acceptors (Lipinski definition) is 0. The quantitative estimate of drug-likeness (QED) is 0.485. The molecule has 0 spiro atoms. The van der Waals surface area contributed by atoms with Crippen molar-refractivity contribution in [3.8, 4) is 0 Å². The summed E-state index contributed by atoms with van der Waals surface area (Å²) in [6, 6.07) is 0. The number of hydrogen-bond donors (Lipinski definition) is 0. The molecule has 0 heterocycles. The third kappa shape index (κ3) is 22.5. The van der Waals surface area contributed by atoms with Gasteiger partial charge in [-0.15, -0.1) is 0 Å². The highest BCUT2D eigenvalue weighted by Crippen LogP contribution is 2.05. The van der Waals surface area contributed by atoms with Gasteiger partial charge in [0.15, 0.2) is 0 Å². The zero-order chi connectivity index (χ0) is 9.66. The fourth-order valence-corrected chi connectivity index (χ4v) is 1.03. The lowest BCUT2D eigenvalue weighted by Gasteiger charge is -1.96. The molecular formula is C12H28. The predicted molar refractivity (Wildman–Crippen MR) is 59.6 cm³/mol. The minimum Gasteiger partial charge on any atom is -0.0656 e. The van der Waals surface area contributed by atoms with Crippen LogP contribution >= 0.6 is 0 Å². The van der Waals surface area contributed by atoms with E-state index in [2.05, 4.69) is 27.7 Å². The topological polar surface area (TPSA) is 0 Å². The van der Waals surface area contributed by atoms with Crippen LogP contribution in [0.4, 0.5) is 0 Å². The van der Waals surface area contributed by atoms with Crippen LogP contribution in [0.15, 0.2) is 0 Å². The van der Waals surface area contributed by atoms with Crippen molar-refractivity contribution in [3.63, 3.8) is 0 Å². The lowest BCUT2D eigenvalue weighted by molar-refractivity contribution is 0.602. The summed E-state index contributed by atoms with van der Waals surface area (Å²) in [5.74, 6) is 0. The molecule has 0 aromatic heterocycles. The SMILES string of the molecule is CCC.CCCCCCCCC. The first-order valence-corrected chi connectivity index (χ1v) is 5.83. The molecule has 0 radical (unpaired) electrons. The molecule has 0 N–H and O–H groups in total. The minimum atomic E-state index is 1.25. The van der Waals surface area contributed by atoms with Crippen molar-refractivity contribution in [2.45, 2.75) is 79.1 Å². The van der Waals surface area contributed by atoms with Gasteiger partial charge >= 0.3 is 0 Å². The molecule has 76 valence electrons. The van der Waals surface area contributed by atoms with Crippen molar-refractivity contribution in [1.29, 1.82) is 0 Å². The first-order chi connectivity index (χ1) is 5.83. The van der Waals surface area contributed by atoms with Crippen LogP contribution in [-0.2, 0) is 0 Å². The van der Waals surface area contributed by atoms with E-state index in [1.807, 2.05) is 0 Å². The summed E-state index contributed by atoms with van der Waals surface area (Å²) >= 11 is 0. The molecule has 0 amide bonds. The third-order valence-electron chi connectivity index (χ3n) is 1.71. The van der Waals surface area contributed by atoms with Crippen molar-refractivity contribution >= 4 is 0 Å². The molecule has 0 heteroatoms. The monoisotopic (exact) mass is 172 g/mol. The fourth-order valence-electron chi connectivity index (χ4n) is 1.03. The molecule has 0 bridgehead atoms. The van der Waals surface area contributed by atoms with Crippen molar-refractivity contribution in [2.24, 2.45) is 0 Å². The summed E-state index contributed by atoms with van der Waals surface area (Å²) in [6.07, 6.45) is 11.2. The minimum absolute atomic E-state index is 1.25. The van der Waals surface area contributed by atoms with Crippen LogP contribution in [-0.4, -0.2) is 0 Å². The summed E-state index contributed by atoms with van der Waals surface area (Å²) in [4.78, 5) is 0. The van der Waals surface area contributed by atoms with Crippen LogP contribution in [0, 0.1) is 0 Å². The molecule has 0 fully saturated rings. The standard InChI is InChI=1S/C9H20.C3H8/c1-3-5-7-9-8-6-4-2;1-3-2/h3-9H2,1-2H3;3H2,1-2H3. The lowest BCUT2D eigenvalue weighted by Crippen LogP contribution is -1.76. The Labute approximate surface area is 79.8 Å². The van der Waals surface area contributed by atoms with E-state index >= 15 is 0 Å². The average molecular weight is 172 g/mol. The highest BCUT2D eigenvalue weighted by molar-refractivity contribution is 4.41. The molecule has 0 saturated heterocycles. The van der Waals surface area contributed by atoms with E-state index in [0.717, 1.165) is 0 Å². The van der Waals surface area contributed by atoms with Gasteiger partial charge in [-0.3, -0.25) is 0 Å². The van der Waals surface area contributed by atoms with Crippen LogP contribution in [0.2, 0.25) is 0 Å². The number of rotatable bonds is 6. The second-order valence-corrected chi connectivity index (χ2v) is 3.47. The van der Waals surface area contributed by atoms with Gasteiger partial charge in [0.2, 0.25) is 0 Å². The second-order valence-electron chi connectivity index (χ2n) is 3.47. The fraction of sp³-hybridized carbons (Fsp3) is 1.00. The van der Waals surface area contributed by atoms with E-state index in [1.54, 1.807) is 0 Å². The summed E-state index contributed by atoms with van der Waals surface area (Å²) in [6.45, 7) is 8.78. The van der Waals surface area contributed by atoms with E-state index in [9.17, 15) is 0 Å². The van der Waals surface area contributed by atoms with Crippen molar-refractivity contribution in [2.75, 3.05) is 0 Å². The molecule has 12 heavy (non-hydrogen) atoms. The molecule has 0 rings (SSSR count). The maximum atomic E-state index is 2.26. The Bertz CT molecular complexity index is 42.0. The molecule has 0 aromatic carbocycles. The second kappa shape index (κ2) is 17.2. The van der Waals surface area contributed by atoms with E-state index in [0.29, 0.717) is 0 Å². The Balaban J connectivity index is 0. The highest BCUT2D eigenvalue weighted by atomic mass is 13.9. The van der Waals surface area contributed by atoms with Gasteiger partial charge in [0.25, 0.3) is 0 Å². The van der Waals surface area contributed by atoms with E-state index in [4.69, 9.17) is 0 Å². The van der Waals surface area contributed by atoms with Gasteiger partial charge < -0.3 is 0 Å². The Morgan fingerprint density at radius 3 is 1.00 bits per heavy atom. The molecule has 0 aliphatic carbocycles. The first-order valence-electron chi connectivity index (χ1n) is 5.83. The van der Waals surface area contributed by atoms with Gasteiger partial charge in [-0.2, -0.15) is 0 Å². The molecule has 0 aromatic rings. The maximum absolute atomic E-state index is 2.26. The molecule has 0 nitrogen and oxygen atoms in total. The Kier molecular flexibility index (Phi) is 20.8. The van der Waals surface area contributed by atoms with Crippen molar-refractivity contribution in [1.82, 2.24) is 0 Å². The van der Waals surface area contributed by atoms with E-state index in [-0.39, 0.29) is 0 Å². The normalized spacial score (nSPS) is 9.00. The first kappa shape index (κ1) is 14.5. The van der Waals surface area contributed by atoms with Gasteiger partial charge in [-0.05, 0) is 0 Å². The van der Waals surface area contributed by atoms with Gasteiger partial charge in [0.1, 0.15) is 0 Å². The summed E-state index contributed by atoms with van der Waals surface area (Å²) in [5, 5.41) is 0. The van der Waals surface area contributed by atoms with Crippen LogP contribution in [0.5, 0.6) is 0 Å². The van der Waals surface area contributed by atoms with Gasteiger partial charge in [0.05, 0.1) is 0 Å². The molecule has 0 aliphatic rings. The lowest BCUT2D eigenvalue weighted by atomic mass is 10.1. The van der Waals surface area contributed by atoms with Gasteiger partial charge in [-0.25, -0.2) is 0 Å². The third-order valence-corrected chi connectivity index (χ3v) is 1.71. The molecule has 0 atom stereocenters. The largest absolute Gasteiger partial charge is 0.0656 e. The predicted octanol–water partition coefficient (Wildman–Crippen LogP) is 5.17. The number of unbranched alkanes of at least 4 members (excludes halogenated alkanes) is 6. The van der Waals surface area contributed by atoms with Crippen LogP contribution < -0.4 is 0 Å². The smallest absolute Gasteiger partial charge is 0.0533 e. The zero-order valence-corrected chi connectivity index (χ0v) is 9.66. The Morgan fingerprint density at radius 1 is 0.500 bits per heavy atom. The summed E-state index contributed by atoms with van der Waals surface area (Å²) in [5.41, 5.74) is 0. The van der Waals surface area contributed by atoms with Crippen molar-refractivity contribution < 1.29 is 0 Å². The van der Waals surface area contributed by atoms with E-state index in [1.165, 1.54) is 51.4 Å². The molecular weight excluding hydrogens is 144 g/mol. The van der Waals surface area contributed by atoms with Crippen LogP contribution in [0.25, 0.3) is 0 Å². The van der Waals surface area contributed by atoms with Gasteiger partial charge in [0, 0.05) is 0 Å². The maximum Gasteiger partial charge on any atom is -0.0533 e. The van der Waals surface area contributed by atoms with Crippen molar-refractivity contribution in [3.05, 3.63) is 0 Å². The summed E-state index contributed by atoms with van der Waals surface area (Å²) < 4.78 is 0. The Hall–Kier alpha value is 0. The highest BCUT2D eigenvalue weighted by Gasteiger charge is 1.85. The molecule has 0 unspecified atom stereocenters. The summed E-state index contributed by atoms with van der Waals surface area (Å²) in [7, 11) is 0. The van der Waals surface area contributed by atoms with Crippen LogP contribution in [0.3, 0.4) is 0 Å². The Morgan fingerprint density at radius 2 is 0.750 bits per heavy atom. The molecule has 0 aliphatic heterocycles. The van der Waals surface area contributed by atoms with Gasteiger partial charge in [-0.1, -0.05) is 79.1 Å².